The van der Waals surface area contributed by atoms with E-state index in [0.29, 0.717) is 5.84 Å². The van der Waals surface area contributed by atoms with Gasteiger partial charge < -0.3 is 15.2 Å². The summed E-state index contributed by atoms with van der Waals surface area (Å²) in [6.45, 7) is 0. The predicted octanol–water partition coefficient (Wildman–Crippen LogP) is 2.71. The zero-order chi connectivity index (χ0) is 15.1. The van der Waals surface area contributed by atoms with Gasteiger partial charge in [0.15, 0.2) is 0 Å². The van der Waals surface area contributed by atoms with Gasteiger partial charge in [-0.3, -0.25) is 0 Å². The average Bonchev–Trinajstić information content (AvgIpc) is 2.55. The minimum atomic E-state index is -1.18. The smallest absolute Gasteiger partial charge is 0.138 e. The molecule has 4 rings (SSSR count). The number of carboxylic acid groups (broad SMARTS) is 1. The van der Waals surface area contributed by atoms with Gasteiger partial charge in [-0.05, 0) is 23.1 Å². The highest BCUT2D eigenvalue weighted by molar-refractivity contribution is 6.19. The molecule has 0 atom stereocenters. The molecule has 0 spiro atoms. The van der Waals surface area contributed by atoms with Crippen molar-refractivity contribution in [1.29, 1.82) is 0 Å². The quantitative estimate of drug-likeness (QED) is 0.788. The Morgan fingerprint density at radius 1 is 0.955 bits per heavy atom. The molecule has 4 nitrogen and oxygen atoms in total. The first-order valence-corrected chi connectivity index (χ1v) is 6.91. The van der Waals surface area contributed by atoms with Crippen molar-refractivity contribution in [1.82, 2.24) is 0 Å². The molecular formula is C18H11N2O2-. The maximum atomic E-state index is 10.8. The van der Waals surface area contributed by atoms with Crippen LogP contribution in [0.15, 0.2) is 65.7 Å². The second-order valence-electron chi connectivity index (χ2n) is 5.13. The standard InChI is InChI=1S/C18H12N2O2/c21-18(22)13-9-7-12(8-10-13)17-19-14-5-1-3-11-4-2-6-15(20-17)16(11)14/h1-10H,(H,19,20)(H,21,22)/p-1. The number of nitrogens with one attached hydrogen (secondary N) is 1. The third-order valence-corrected chi connectivity index (χ3v) is 3.76. The van der Waals surface area contributed by atoms with Gasteiger partial charge >= 0.3 is 0 Å². The Morgan fingerprint density at radius 3 is 2.41 bits per heavy atom. The summed E-state index contributed by atoms with van der Waals surface area (Å²) in [7, 11) is 0. The van der Waals surface area contributed by atoms with Gasteiger partial charge in [-0.15, -0.1) is 0 Å². The van der Waals surface area contributed by atoms with E-state index in [-0.39, 0.29) is 5.56 Å². The lowest BCUT2D eigenvalue weighted by molar-refractivity contribution is -0.255. The molecule has 0 saturated heterocycles. The highest BCUT2D eigenvalue weighted by Gasteiger charge is 2.15. The van der Waals surface area contributed by atoms with Crippen LogP contribution in [0.5, 0.6) is 0 Å². The number of hydrogen-bond donors (Lipinski definition) is 1. The van der Waals surface area contributed by atoms with Crippen molar-refractivity contribution in [2.45, 2.75) is 0 Å². The van der Waals surface area contributed by atoms with Crippen molar-refractivity contribution in [2.75, 3.05) is 5.32 Å². The molecule has 0 bridgehead atoms. The molecule has 0 aromatic heterocycles. The molecule has 4 heteroatoms. The van der Waals surface area contributed by atoms with Crippen molar-refractivity contribution >= 4 is 34.0 Å². The number of nitrogens with zero attached hydrogens (tertiary/aromatic N) is 1. The molecule has 0 radical (unpaired) electrons. The Hall–Kier alpha value is -3.14. The molecule has 1 heterocycles. The largest absolute Gasteiger partial charge is 0.545 e. The number of rotatable bonds is 2. The van der Waals surface area contributed by atoms with E-state index in [1.807, 2.05) is 24.3 Å². The van der Waals surface area contributed by atoms with Gasteiger partial charge in [0.05, 0.1) is 11.7 Å². The van der Waals surface area contributed by atoms with Crippen LogP contribution in [0.25, 0.3) is 10.8 Å². The number of carboxylic acids is 1. The van der Waals surface area contributed by atoms with E-state index >= 15 is 0 Å². The topological polar surface area (TPSA) is 64.5 Å². The number of carbonyl (C=O) groups is 1. The molecular weight excluding hydrogens is 276 g/mol. The van der Waals surface area contributed by atoms with Crippen molar-refractivity contribution in [3.05, 3.63) is 71.8 Å². The number of anilines is 1. The lowest BCUT2D eigenvalue weighted by Gasteiger charge is -2.19. The van der Waals surface area contributed by atoms with E-state index < -0.39 is 5.97 Å². The highest BCUT2D eigenvalue weighted by Crippen LogP contribution is 2.36. The second kappa shape index (κ2) is 4.70. The Bertz CT molecular complexity index is 922. The number of hydrogen-bond acceptors (Lipinski definition) is 4. The second-order valence-corrected chi connectivity index (χ2v) is 5.13. The first-order valence-electron chi connectivity index (χ1n) is 6.91. The van der Waals surface area contributed by atoms with Gasteiger partial charge in [0, 0.05) is 16.6 Å². The fourth-order valence-corrected chi connectivity index (χ4v) is 2.70. The Labute approximate surface area is 126 Å². The summed E-state index contributed by atoms with van der Waals surface area (Å²) in [6, 6.07) is 18.6. The van der Waals surface area contributed by atoms with Gasteiger partial charge in [0.1, 0.15) is 5.84 Å². The number of aliphatic imine (C=N–C) groups is 1. The summed E-state index contributed by atoms with van der Waals surface area (Å²) in [5, 5.41) is 16.4. The van der Waals surface area contributed by atoms with Crippen LogP contribution in [0.1, 0.15) is 15.9 Å². The van der Waals surface area contributed by atoms with E-state index in [4.69, 9.17) is 0 Å². The third-order valence-electron chi connectivity index (χ3n) is 3.76. The molecule has 1 aliphatic heterocycles. The van der Waals surface area contributed by atoms with Gasteiger partial charge in [-0.2, -0.15) is 0 Å². The van der Waals surface area contributed by atoms with E-state index in [1.54, 1.807) is 12.1 Å². The zero-order valence-electron chi connectivity index (χ0n) is 11.5. The number of amidine groups is 1. The minimum Gasteiger partial charge on any atom is -0.545 e. The molecule has 3 aromatic carbocycles. The molecule has 0 saturated carbocycles. The van der Waals surface area contributed by atoms with Crippen LogP contribution in [0, 0.1) is 0 Å². The molecule has 0 amide bonds. The van der Waals surface area contributed by atoms with Crippen LogP contribution < -0.4 is 10.4 Å². The summed E-state index contributed by atoms with van der Waals surface area (Å²) in [4.78, 5) is 15.5. The Morgan fingerprint density at radius 2 is 1.68 bits per heavy atom. The third kappa shape index (κ3) is 1.93. The van der Waals surface area contributed by atoms with Crippen molar-refractivity contribution in [3.63, 3.8) is 0 Å². The van der Waals surface area contributed by atoms with E-state index in [0.717, 1.165) is 27.7 Å². The van der Waals surface area contributed by atoms with E-state index in [2.05, 4.69) is 22.4 Å². The molecule has 0 fully saturated rings. The summed E-state index contributed by atoms with van der Waals surface area (Å²) in [5.41, 5.74) is 2.90. The molecule has 22 heavy (non-hydrogen) atoms. The summed E-state index contributed by atoms with van der Waals surface area (Å²) in [6.07, 6.45) is 0. The lowest BCUT2D eigenvalue weighted by Crippen LogP contribution is -2.22. The first kappa shape index (κ1) is 12.6. The Kier molecular flexibility index (Phi) is 2.69. The van der Waals surface area contributed by atoms with E-state index in [1.165, 1.54) is 12.1 Å². The summed E-state index contributed by atoms with van der Waals surface area (Å²) in [5.74, 6) is -0.476. The maximum absolute atomic E-state index is 10.8. The van der Waals surface area contributed by atoms with Gasteiger partial charge in [-0.25, -0.2) is 4.99 Å². The number of carbonyl (C=O) groups excluding carboxylic acids is 1. The SMILES string of the molecule is O=C([O-])c1ccc(C2=Nc3cccc4cccc(c34)N2)cc1. The molecule has 1 N–H and O–H groups in total. The van der Waals surface area contributed by atoms with Crippen LogP contribution in [-0.4, -0.2) is 11.8 Å². The average molecular weight is 287 g/mol. The van der Waals surface area contributed by atoms with E-state index in [9.17, 15) is 9.90 Å². The van der Waals surface area contributed by atoms with Crippen LogP contribution in [0.2, 0.25) is 0 Å². The van der Waals surface area contributed by atoms with Gasteiger partial charge in [-0.1, -0.05) is 48.5 Å². The molecule has 0 unspecified atom stereocenters. The van der Waals surface area contributed by atoms with Gasteiger partial charge in [0.25, 0.3) is 0 Å². The number of benzene rings is 3. The summed E-state index contributed by atoms with van der Waals surface area (Å²) >= 11 is 0. The molecule has 106 valence electrons. The molecule has 0 aliphatic carbocycles. The van der Waals surface area contributed by atoms with Crippen molar-refractivity contribution in [3.8, 4) is 0 Å². The molecule has 1 aliphatic rings. The zero-order valence-corrected chi connectivity index (χ0v) is 11.5. The van der Waals surface area contributed by atoms with Gasteiger partial charge in [0.2, 0.25) is 0 Å². The van der Waals surface area contributed by atoms with Crippen LogP contribution in [0.3, 0.4) is 0 Å². The highest BCUT2D eigenvalue weighted by atomic mass is 16.4. The summed E-state index contributed by atoms with van der Waals surface area (Å²) < 4.78 is 0. The van der Waals surface area contributed by atoms with Crippen LogP contribution in [-0.2, 0) is 0 Å². The van der Waals surface area contributed by atoms with Crippen LogP contribution in [0.4, 0.5) is 11.4 Å². The minimum absolute atomic E-state index is 0.155. The predicted molar refractivity (Wildman–Crippen MR) is 84.5 cm³/mol. The van der Waals surface area contributed by atoms with Crippen LogP contribution >= 0.6 is 0 Å². The normalized spacial score (nSPS) is 12.6. The molecule has 3 aromatic rings. The van der Waals surface area contributed by atoms with Crippen molar-refractivity contribution < 1.29 is 9.90 Å². The monoisotopic (exact) mass is 287 g/mol. The lowest BCUT2D eigenvalue weighted by atomic mass is 10.0. The Balaban J connectivity index is 1.83. The maximum Gasteiger partial charge on any atom is 0.138 e. The first-order chi connectivity index (χ1) is 10.7. The number of aromatic carboxylic acids is 1. The fourth-order valence-electron chi connectivity index (χ4n) is 2.70. The van der Waals surface area contributed by atoms with Crippen molar-refractivity contribution in [2.24, 2.45) is 4.99 Å². The fraction of sp³-hybridized carbons (Fsp3) is 0.